The molecule has 1 aromatic heterocycles. The molecule has 3 heterocycles. The Morgan fingerprint density at radius 2 is 1.57 bits per heavy atom. The van der Waals surface area contributed by atoms with Crippen molar-refractivity contribution in [3.05, 3.63) is 6.07 Å². The van der Waals surface area contributed by atoms with Gasteiger partial charge in [-0.1, -0.05) is 6.92 Å². The van der Waals surface area contributed by atoms with Crippen molar-refractivity contribution in [2.24, 2.45) is 0 Å². The minimum absolute atomic E-state index is 0.595. The molecule has 0 spiro atoms. The molecule has 2 N–H and O–H groups in total. The first kappa shape index (κ1) is 16.2. The van der Waals surface area contributed by atoms with Crippen LogP contribution in [0.2, 0.25) is 0 Å². The van der Waals surface area contributed by atoms with E-state index in [1.165, 1.54) is 25.7 Å². The molecule has 6 nitrogen and oxygen atoms in total. The molecule has 23 heavy (non-hydrogen) atoms. The van der Waals surface area contributed by atoms with E-state index in [1.54, 1.807) is 0 Å². The normalized spacial score (nSPS) is 17.6. The molecule has 2 aliphatic rings. The predicted octanol–water partition coefficient (Wildman–Crippen LogP) is 2.37. The van der Waals surface area contributed by atoms with E-state index in [2.05, 4.69) is 43.4 Å². The van der Waals surface area contributed by atoms with Gasteiger partial charge in [0.25, 0.3) is 0 Å². The highest BCUT2D eigenvalue weighted by atomic mass is 32.1. The lowest BCUT2D eigenvalue weighted by Crippen LogP contribution is -2.30. The van der Waals surface area contributed by atoms with Crippen molar-refractivity contribution in [1.82, 2.24) is 15.3 Å². The maximum atomic E-state index is 5.33. The minimum Gasteiger partial charge on any atom is -0.362 e. The fraction of sp³-hybridized carbons (Fsp3) is 0.688. The predicted molar refractivity (Wildman–Crippen MR) is 99.4 cm³/mol. The lowest BCUT2D eigenvalue weighted by Gasteiger charge is -2.22. The van der Waals surface area contributed by atoms with Crippen LogP contribution in [0.5, 0.6) is 0 Å². The van der Waals surface area contributed by atoms with Crippen molar-refractivity contribution in [3.8, 4) is 0 Å². The quantitative estimate of drug-likeness (QED) is 0.802. The molecule has 1 aromatic rings. The Balaban J connectivity index is 1.80. The van der Waals surface area contributed by atoms with Gasteiger partial charge < -0.3 is 20.4 Å². The molecule has 0 atom stereocenters. The van der Waals surface area contributed by atoms with Crippen LogP contribution < -0.4 is 20.4 Å². The van der Waals surface area contributed by atoms with E-state index in [0.29, 0.717) is 11.1 Å². The number of anilines is 3. The third kappa shape index (κ3) is 4.22. The first-order valence-electron chi connectivity index (χ1n) is 8.70. The van der Waals surface area contributed by atoms with Crippen LogP contribution in [0.15, 0.2) is 6.07 Å². The van der Waals surface area contributed by atoms with Crippen LogP contribution in [-0.4, -0.2) is 47.8 Å². The van der Waals surface area contributed by atoms with Crippen molar-refractivity contribution in [2.75, 3.05) is 47.8 Å². The van der Waals surface area contributed by atoms with E-state index < -0.39 is 0 Å². The van der Waals surface area contributed by atoms with E-state index in [9.17, 15) is 0 Å². The summed E-state index contributed by atoms with van der Waals surface area (Å²) in [7, 11) is 0. The van der Waals surface area contributed by atoms with Crippen molar-refractivity contribution in [2.45, 2.75) is 39.0 Å². The van der Waals surface area contributed by atoms with Gasteiger partial charge in [0.05, 0.1) is 0 Å². The van der Waals surface area contributed by atoms with Crippen LogP contribution in [0.1, 0.15) is 39.0 Å². The summed E-state index contributed by atoms with van der Waals surface area (Å²) >= 11 is 5.33. The highest BCUT2D eigenvalue weighted by Crippen LogP contribution is 2.26. The summed E-state index contributed by atoms with van der Waals surface area (Å²) in [5.74, 6) is 2.63. The molecule has 3 rings (SSSR count). The number of aromatic nitrogens is 2. The number of nitrogens with zero attached hydrogens (tertiary/aromatic N) is 4. The highest BCUT2D eigenvalue weighted by molar-refractivity contribution is 7.80. The third-order valence-corrected chi connectivity index (χ3v) is 4.57. The molecule has 0 aromatic carbocycles. The van der Waals surface area contributed by atoms with Crippen molar-refractivity contribution >= 4 is 34.9 Å². The zero-order chi connectivity index (χ0) is 16.1. The summed E-state index contributed by atoms with van der Waals surface area (Å²) in [6.45, 7) is 7.29. The summed E-state index contributed by atoms with van der Waals surface area (Å²) < 4.78 is 0. The maximum absolute atomic E-state index is 5.33. The van der Waals surface area contributed by atoms with Gasteiger partial charge in [-0.3, -0.25) is 0 Å². The Morgan fingerprint density at radius 3 is 2.04 bits per heavy atom. The second-order valence-electron chi connectivity index (χ2n) is 6.18. The maximum Gasteiger partial charge on any atom is 0.232 e. The highest BCUT2D eigenvalue weighted by Gasteiger charge is 2.20. The van der Waals surface area contributed by atoms with Crippen LogP contribution in [0.4, 0.5) is 17.6 Å². The fourth-order valence-electron chi connectivity index (χ4n) is 3.08. The summed E-state index contributed by atoms with van der Waals surface area (Å²) in [6, 6.07) is 2.13. The Labute approximate surface area is 143 Å². The first-order chi connectivity index (χ1) is 11.3. The molecule has 0 saturated carbocycles. The molecular weight excluding hydrogens is 308 g/mol. The largest absolute Gasteiger partial charge is 0.362 e. The standard InChI is InChI=1S/C16H26N6S/c1-2-7-17-16(23)20-15-18-13(21-8-3-4-9-21)12-14(19-15)22-10-5-6-11-22/h12H,2-11H2,1H3,(H2,17,18,19,20,23). The van der Waals surface area contributed by atoms with Gasteiger partial charge in [-0.05, 0) is 44.3 Å². The fourth-order valence-corrected chi connectivity index (χ4v) is 3.27. The third-order valence-electron chi connectivity index (χ3n) is 4.32. The van der Waals surface area contributed by atoms with Crippen molar-refractivity contribution in [1.29, 1.82) is 0 Å². The van der Waals surface area contributed by atoms with E-state index in [-0.39, 0.29) is 0 Å². The molecule has 0 amide bonds. The average Bonchev–Trinajstić information content (AvgIpc) is 3.25. The molecule has 2 aliphatic heterocycles. The molecule has 2 saturated heterocycles. The number of nitrogens with one attached hydrogen (secondary N) is 2. The Bertz CT molecular complexity index is 503. The Morgan fingerprint density at radius 1 is 1.04 bits per heavy atom. The van der Waals surface area contributed by atoms with Gasteiger partial charge in [0.2, 0.25) is 5.95 Å². The average molecular weight is 334 g/mol. The molecule has 126 valence electrons. The van der Waals surface area contributed by atoms with E-state index in [1.807, 2.05) is 0 Å². The van der Waals surface area contributed by atoms with Gasteiger partial charge in [0, 0.05) is 38.8 Å². The van der Waals surface area contributed by atoms with Gasteiger partial charge >= 0.3 is 0 Å². The zero-order valence-corrected chi connectivity index (χ0v) is 14.7. The van der Waals surface area contributed by atoms with Gasteiger partial charge in [-0.25, -0.2) is 0 Å². The van der Waals surface area contributed by atoms with Crippen LogP contribution in [0.25, 0.3) is 0 Å². The second kappa shape index (κ2) is 7.77. The monoisotopic (exact) mass is 334 g/mol. The van der Waals surface area contributed by atoms with Crippen LogP contribution in [0, 0.1) is 0 Å². The molecule has 0 aliphatic carbocycles. The molecule has 0 unspecified atom stereocenters. The second-order valence-corrected chi connectivity index (χ2v) is 6.59. The zero-order valence-electron chi connectivity index (χ0n) is 13.8. The summed E-state index contributed by atoms with van der Waals surface area (Å²) in [6.07, 6.45) is 5.99. The van der Waals surface area contributed by atoms with E-state index in [0.717, 1.165) is 50.8 Å². The van der Waals surface area contributed by atoms with Crippen LogP contribution in [-0.2, 0) is 0 Å². The van der Waals surface area contributed by atoms with Gasteiger partial charge in [0.1, 0.15) is 11.6 Å². The SMILES string of the molecule is CCCNC(=S)Nc1nc(N2CCCC2)cc(N2CCCC2)n1. The lowest BCUT2D eigenvalue weighted by molar-refractivity contribution is 0.844. The molecular formula is C16H26N6S. The number of thiocarbonyl (C=S) groups is 1. The van der Waals surface area contributed by atoms with Gasteiger partial charge in [0.15, 0.2) is 5.11 Å². The van der Waals surface area contributed by atoms with Crippen LogP contribution in [0.3, 0.4) is 0 Å². The topological polar surface area (TPSA) is 56.3 Å². The molecule has 7 heteroatoms. The summed E-state index contributed by atoms with van der Waals surface area (Å²) in [5, 5.41) is 6.92. The van der Waals surface area contributed by atoms with Crippen molar-refractivity contribution in [3.63, 3.8) is 0 Å². The smallest absolute Gasteiger partial charge is 0.232 e. The van der Waals surface area contributed by atoms with Crippen molar-refractivity contribution < 1.29 is 0 Å². The van der Waals surface area contributed by atoms with Gasteiger partial charge in [-0.15, -0.1) is 0 Å². The number of hydrogen-bond acceptors (Lipinski definition) is 5. The number of rotatable bonds is 5. The van der Waals surface area contributed by atoms with Crippen LogP contribution >= 0.6 is 12.2 Å². The molecule has 0 radical (unpaired) electrons. The van der Waals surface area contributed by atoms with Gasteiger partial charge in [-0.2, -0.15) is 9.97 Å². The Hall–Kier alpha value is -1.63. The Kier molecular flexibility index (Phi) is 5.48. The molecule has 0 bridgehead atoms. The minimum atomic E-state index is 0.595. The summed E-state index contributed by atoms with van der Waals surface area (Å²) in [5.41, 5.74) is 0. The molecule has 2 fully saturated rings. The lowest BCUT2D eigenvalue weighted by atomic mass is 10.4. The number of hydrogen-bond donors (Lipinski definition) is 2. The summed E-state index contributed by atoms with van der Waals surface area (Å²) in [4.78, 5) is 14.1. The first-order valence-corrected chi connectivity index (χ1v) is 9.11. The van der Waals surface area contributed by atoms with E-state index >= 15 is 0 Å². The van der Waals surface area contributed by atoms with E-state index in [4.69, 9.17) is 12.2 Å².